The molecule has 0 saturated carbocycles. The number of anilines is 2. The Morgan fingerprint density at radius 3 is 2.60 bits per heavy atom. The molecule has 0 bridgehead atoms. The smallest absolute Gasteiger partial charge is 0.294 e. The van der Waals surface area contributed by atoms with Crippen molar-refractivity contribution < 1.29 is 38.1 Å². The fraction of sp³-hybridized carbons (Fsp3) is 0.136. The summed E-state index contributed by atoms with van der Waals surface area (Å²) in [5.41, 5.74) is 3.08. The van der Waals surface area contributed by atoms with Gasteiger partial charge in [-0.05, 0) is 48.9 Å². The van der Waals surface area contributed by atoms with Gasteiger partial charge in [-0.2, -0.15) is 4.57 Å². The molecule has 1 atom stereocenters. The molecular weight excluding hydrogens is 581 g/mol. The number of hydrogen-bond acceptors (Lipinski definition) is 2. The predicted octanol–water partition coefficient (Wildman–Crippen LogP) is 1.43. The predicted molar refractivity (Wildman–Crippen MR) is 116 cm³/mol. The van der Waals surface area contributed by atoms with Gasteiger partial charge in [0.2, 0.25) is 18.3 Å². The Morgan fingerprint density at radius 1 is 1.17 bits per heavy atom. The Bertz CT molecular complexity index is 1110. The molecule has 2 aromatic carbocycles. The summed E-state index contributed by atoms with van der Waals surface area (Å²) in [6, 6.07) is 17.3. The van der Waals surface area contributed by atoms with E-state index in [-0.39, 0.29) is 42.3 Å². The monoisotopic (exact) mass is 597 g/mol. The summed E-state index contributed by atoms with van der Waals surface area (Å²) < 4.78 is 2.69. The van der Waals surface area contributed by atoms with Gasteiger partial charge in [-0.1, -0.05) is 39.7 Å². The summed E-state index contributed by atoms with van der Waals surface area (Å²) in [5, 5.41) is 3.50. The highest BCUT2D eigenvalue weighted by molar-refractivity contribution is 9.10. The van der Waals surface area contributed by atoms with Gasteiger partial charge in [0.05, 0.1) is 0 Å². The van der Waals surface area contributed by atoms with Gasteiger partial charge in [-0.3, -0.25) is 14.5 Å². The molecule has 1 aliphatic rings. The van der Waals surface area contributed by atoms with E-state index < -0.39 is 6.04 Å². The van der Waals surface area contributed by atoms with Crippen LogP contribution in [0.25, 0.3) is 0 Å². The van der Waals surface area contributed by atoms with Gasteiger partial charge in [0.25, 0.3) is 11.8 Å². The lowest BCUT2D eigenvalue weighted by Gasteiger charge is -2.32. The molecule has 1 unspecified atom stereocenters. The first-order valence-corrected chi connectivity index (χ1v) is 10.2. The average molecular weight is 599 g/mol. The third-order valence-electron chi connectivity index (χ3n) is 4.88. The van der Waals surface area contributed by atoms with Crippen LogP contribution < -0.4 is 38.8 Å². The molecule has 1 N–H and O–H groups in total. The van der Waals surface area contributed by atoms with E-state index >= 15 is 0 Å². The van der Waals surface area contributed by atoms with Crippen LogP contribution in [-0.2, 0) is 16.1 Å². The van der Waals surface area contributed by atoms with E-state index in [0.29, 0.717) is 16.4 Å². The molecule has 0 aliphatic carbocycles. The second-order valence-electron chi connectivity index (χ2n) is 6.85. The molecule has 0 fully saturated rings. The van der Waals surface area contributed by atoms with Crippen molar-refractivity contribution in [2.45, 2.75) is 19.5 Å². The molecule has 1 aliphatic heterocycles. The number of rotatable bonds is 3. The molecule has 3 aromatic rings. The van der Waals surface area contributed by atoms with Crippen LogP contribution in [0.3, 0.4) is 0 Å². The maximum absolute atomic E-state index is 13.3. The van der Waals surface area contributed by atoms with Crippen molar-refractivity contribution in [3.63, 3.8) is 0 Å². The lowest BCUT2D eigenvalue weighted by atomic mass is 10.0. The maximum Gasteiger partial charge on any atom is 0.294 e. The van der Waals surface area contributed by atoms with E-state index in [4.69, 9.17) is 11.6 Å². The number of pyridine rings is 1. The number of fused-ring (bicyclic) bond motifs is 1. The van der Waals surface area contributed by atoms with E-state index in [9.17, 15) is 9.59 Å². The molecule has 2 amide bonds. The minimum atomic E-state index is -0.803. The van der Waals surface area contributed by atoms with E-state index in [1.165, 1.54) is 0 Å². The Hall–Kier alpha value is -1.97. The Balaban J connectivity index is 0.00000256. The summed E-state index contributed by atoms with van der Waals surface area (Å²) in [4.78, 5) is 28.0. The molecule has 0 saturated heterocycles. The van der Waals surface area contributed by atoms with E-state index in [1.807, 2.05) is 54.1 Å². The minimum Gasteiger partial charge on any atom is -1.00 e. The van der Waals surface area contributed by atoms with Gasteiger partial charge >= 0.3 is 0 Å². The highest BCUT2D eigenvalue weighted by Crippen LogP contribution is 2.32. The fourth-order valence-corrected chi connectivity index (χ4v) is 3.89. The summed E-state index contributed by atoms with van der Waals surface area (Å²) in [6.45, 7) is 2.15. The number of hydrogen-bond donors (Lipinski definition) is 1. The van der Waals surface area contributed by atoms with Crippen molar-refractivity contribution >= 4 is 50.7 Å². The highest BCUT2D eigenvalue weighted by atomic mass is 127. The molecule has 5 nitrogen and oxygen atoms in total. The van der Waals surface area contributed by atoms with Crippen LogP contribution in [0.15, 0.2) is 71.3 Å². The zero-order valence-corrected chi connectivity index (χ0v) is 20.5. The number of aryl methyl sites for hydroxylation is 1. The lowest BCUT2D eigenvalue weighted by Crippen LogP contribution is -3.00. The summed E-state index contributed by atoms with van der Waals surface area (Å²) in [5.74, 6) is -0.447. The first kappa shape index (κ1) is 22.7. The normalized spacial score (nSPS) is 15.2. The first-order chi connectivity index (χ1) is 13.9. The molecule has 30 heavy (non-hydrogen) atoms. The molecule has 1 aromatic heterocycles. The lowest BCUT2D eigenvalue weighted by molar-refractivity contribution is -0.695. The zero-order valence-electron chi connectivity index (χ0n) is 16.0. The van der Waals surface area contributed by atoms with Crippen molar-refractivity contribution in [1.82, 2.24) is 0 Å². The number of benzene rings is 2. The van der Waals surface area contributed by atoms with Crippen LogP contribution in [0, 0.1) is 6.92 Å². The number of halogens is 3. The standard InChI is InChI=1S/C22H17BrClN3O2.HI/c1-14-5-10-17(12-18(14)23)27-20(28)13-26-11-3-2-4-19(26)21(27)22(29)25-16-8-6-15(24)7-9-16;/h2-12,21H,13H2,1H3;1H. The van der Waals surface area contributed by atoms with Crippen LogP contribution in [0.4, 0.5) is 11.4 Å². The van der Waals surface area contributed by atoms with E-state index in [2.05, 4.69) is 21.2 Å². The molecular formula is C22H18BrClIN3O2. The second kappa shape index (κ2) is 9.45. The topological polar surface area (TPSA) is 53.3 Å². The SMILES string of the molecule is Cc1ccc(N2C(=O)C[n+]3ccccc3C2C(=O)Nc2ccc(Cl)cc2)cc1Br.[I-]. The van der Waals surface area contributed by atoms with Crippen molar-refractivity contribution in [2.75, 3.05) is 10.2 Å². The van der Waals surface area contributed by atoms with Crippen molar-refractivity contribution in [3.8, 4) is 0 Å². The average Bonchev–Trinajstić information content (AvgIpc) is 2.71. The van der Waals surface area contributed by atoms with Gasteiger partial charge in [0.1, 0.15) is 0 Å². The molecule has 0 spiro atoms. The number of carbonyl (C=O) groups is 2. The van der Waals surface area contributed by atoms with E-state index in [0.717, 1.165) is 15.7 Å². The van der Waals surface area contributed by atoms with Crippen molar-refractivity contribution in [1.29, 1.82) is 0 Å². The third-order valence-corrected chi connectivity index (χ3v) is 5.99. The van der Waals surface area contributed by atoms with Gasteiger partial charge in [-0.15, -0.1) is 0 Å². The zero-order chi connectivity index (χ0) is 20.5. The van der Waals surface area contributed by atoms with Gasteiger partial charge < -0.3 is 29.3 Å². The van der Waals surface area contributed by atoms with Gasteiger partial charge in [0.15, 0.2) is 6.20 Å². The third kappa shape index (κ3) is 4.53. The maximum atomic E-state index is 13.3. The van der Waals surface area contributed by atoms with Crippen LogP contribution in [0.1, 0.15) is 17.3 Å². The number of nitrogens with zero attached hydrogens (tertiary/aromatic N) is 2. The summed E-state index contributed by atoms with van der Waals surface area (Å²) in [6.07, 6.45) is 1.82. The largest absolute Gasteiger partial charge is 1.00 e. The van der Waals surface area contributed by atoms with Crippen molar-refractivity contribution in [2.24, 2.45) is 0 Å². The van der Waals surface area contributed by atoms with Crippen LogP contribution in [-0.4, -0.2) is 11.8 Å². The molecule has 2 heterocycles. The number of aromatic nitrogens is 1. The number of nitrogens with one attached hydrogen (secondary N) is 1. The molecule has 0 radical (unpaired) electrons. The fourth-order valence-electron chi connectivity index (χ4n) is 3.40. The van der Waals surface area contributed by atoms with Gasteiger partial charge in [0, 0.05) is 33.0 Å². The Labute approximate surface area is 205 Å². The van der Waals surface area contributed by atoms with Crippen LogP contribution in [0.5, 0.6) is 0 Å². The Kier molecular flexibility index (Phi) is 7.15. The molecule has 8 heteroatoms. The second-order valence-corrected chi connectivity index (χ2v) is 8.14. The van der Waals surface area contributed by atoms with E-state index in [1.54, 1.807) is 29.2 Å². The Morgan fingerprint density at radius 2 is 1.90 bits per heavy atom. The molecule has 4 rings (SSSR count). The first-order valence-electron chi connectivity index (χ1n) is 9.07. The highest BCUT2D eigenvalue weighted by Gasteiger charge is 2.43. The van der Waals surface area contributed by atoms with Crippen LogP contribution >= 0.6 is 27.5 Å². The summed E-state index contributed by atoms with van der Waals surface area (Å²) >= 11 is 9.47. The number of amides is 2. The quantitative estimate of drug-likeness (QED) is 0.367. The molecule has 154 valence electrons. The summed E-state index contributed by atoms with van der Waals surface area (Å²) in [7, 11) is 0. The van der Waals surface area contributed by atoms with Gasteiger partial charge in [-0.25, -0.2) is 0 Å². The van der Waals surface area contributed by atoms with Crippen molar-refractivity contribution in [3.05, 3.63) is 87.6 Å². The van der Waals surface area contributed by atoms with Crippen LogP contribution in [0.2, 0.25) is 5.02 Å². The minimum absolute atomic E-state index is 0. The number of carbonyl (C=O) groups excluding carboxylic acids is 2.